The molecule has 152 valence electrons. The van der Waals surface area contributed by atoms with Crippen molar-refractivity contribution >= 4 is 17.6 Å². The van der Waals surface area contributed by atoms with Gasteiger partial charge in [0.2, 0.25) is 5.79 Å². The number of ether oxygens (including phenoxy) is 4. The van der Waals surface area contributed by atoms with E-state index in [4.69, 9.17) is 35.7 Å². The van der Waals surface area contributed by atoms with Gasteiger partial charge in [-0.15, -0.1) is 11.6 Å². The highest BCUT2D eigenvalue weighted by atomic mass is 35.5. The van der Waals surface area contributed by atoms with Crippen molar-refractivity contribution in [3.8, 4) is 0 Å². The maximum atomic E-state index is 10.9. The molecule has 0 spiro atoms. The van der Waals surface area contributed by atoms with Crippen LogP contribution in [-0.4, -0.2) is 111 Å². The largest absolute Gasteiger partial charge is 0.463 e. The highest BCUT2D eigenvalue weighted by molar-refractivity contribution is 6.21. The predicted molar refractivity (Wildman–Crippen MR) is 81.8 cm³/mol. The molecule has 0 unspecified atom stereocenters. The summed E-state index contributed by atoms with van der Waals surface area (Å²) in [5.74, 6) is -2.84. The van der Waals surface area contributed by atoms with Crippen molar-refractivity contribution in [2.45, 2.75) is 61.0 Å². The fourth-order valence-corrected chi connectivity index (χ4v) is 3.07. The standard InChI is InChI=1S/C14H23ClO11/c1-5(18)23-3-7-8(15)10(20)11(21)13(24-7)26-14(4-17)12(22)9(19)6(2-16)25-14/h6-13,16-17,19-22H,2-4H2,1H3/t6-,7-,8-,9-,10+,11-,12+,13-,14+/m1/s1. The monoisotopic (exact) mass is 402 g/mol. The normalized spacial score (nSPS) is 46.3. The van der Waals surface area contributed by atoms with Gasteiger partial charge in [0, 0.05) is 6.92 Å². The van der Waals surface area contributed by atoms with Gasteiger partial charge in [-0.25, -0.2) is 0 Å². The van der Waals surface area contributed by atoms with Gasteiger partial charge in [-0.1, -0.05) is 0 Å². The lowest BCUT2D eigenvalue weighted by atomic mass is 10.0. The number of hydrogen-bond donors (Lipinski definition) is 6. The van der Waals surface area contributed by atoms with Gasteiger partial charge in [0.15, 0.2) is 6.29 Å². The molecule has 9 atom stereocenters. The summed E-state index contributed by atoms with van der Waals surface area (Å²) in [5, 5.41) is 57.8. The number of rotatable bonds is 6. The summed E-state index contributed by atoms with van der Waals surface area (Å²) in [6.45, 7) is -0.808. The number of carbonyl (C=O) groups is 1. The lowest BCUT2D eigenvalue weighted by molar-refractivity contribution is -0.372. The third-order valence-corrected chi connectivity index (χ3v) is 4.83. The Morgan fingerprint density at radius 3 is 2.27 bits per heavy atom. The average molecular weight is 403 g/mol. The van der Waals surface area contributed by atoms with E-state index in [1.807, 2.05) is 0 Å². The Kier molecular flexibility index (Phi) is 7.18. The van der Waals surface area contributed by atoms with Crippen LogP contribution in [0.5, 0.6) is 0 Å². The Balaban J connectivity index is 2.16. The molecule has 2 saturated heterocycles. The fraction of sp³-hybridized carbons (Fsp3) is 0.929. The highest BCUT2D eigenvalue weighted by Crippen LogP contribution is 2.36. The second-order valence-electron chi connectivity index (χ2n) is 6.13. The van der Waals surface area contributed by atoms with Crippen molar-refractivity contribution in [2.75, 3.05) is 19.8 Å². The first-order valence-corrected chi connectivity index (χ1v) is 8.33. The molecule has 11 nitrogen and oxygen atoms in total. The maximum Gasteiger partial charge on any atom is 0.302 e. The topological polar surface area (TPSA) is 175 Å². The van der Waals surface area contributed by atoms with Crippen LogP contribution in [0.15, 0.2) is 0 Å². The van der Waals surface area contributed by atoms with E-state index in [0.29, 0.717) is 0 Å². The molecule has 0 aromatic rings. The highest BCUT2D eigenvalue weighted by Gasteiger charge is 2.58. The van der Waals surface area contributed by atoms with Crippen molar-refractivity contribution in [2.24, 2.45) is 0 Å². The molecule has 2 heterocycles. The van der Waals surface area contributed by atoms with Gasteiger partial charge in [-0.05, 0) is 0 Å². The van der Waals surface area contributed by atoms with E-state index in [-0.39, 0.29) is 6.61 Å². The third kappa shape index (κ3) is 4.12. The van der Waals surface area contributed by atoms with E-state index in [2.05, 4.69) is 0 Å². The van der Waals surface area contributed by atoms with Gasteiger partial charge in [0.05, 0.1) is 12.0 Å². The lowest BCUT2D eigenvalue weighted by Crippen LogP contribution is -2.61. The molecule has 12 heteroatoms. The minimum atomic E-state index is -2.22. The summed E-state index contributed by atoms with van der Waals surface area (Å²) in [7, 11) is 0. The van der Waals surface area contributed by atoms with E-state index in [1.54, 1.807) is 0 Å². The first-order chi connectivity index (χ1) is 12.2. The smallest absolute Gasteiger partial charge is 0.302 e. The van der Waals surface area contributed by atoms with Crippen molar-refractivity contribution in [3.63, 3.8) is 0 Å². The van der Waals surface area contributed by atoms with Crippen LogP contribution in [0.25, 0.3) is 0 Å². The van der Waals surface area contributed by atoms with E-state index < -0.39 is 73.3 Å². The zero-order valence-electron chi connectivity index (χ0n) is 13.8. The van der Waals surface area contributed by atoms with Gasteiger partial charge >= 0.3 is 5.97 Å². The van der Waals surface area contributed by atoms with Crippen LogP contribution in [0.3, 0.4) is 0 Å². The van der Waals surface area contributed by atoms with Gasteiger partial charge in [-0.2, -0.15) is 0 Å². The first kappa shape index (κ1) is 21.7. The molecule has 0 amide bonds. The number of aliphatic hydroxyl groups excluding tert-OH is 6. The number of hydrogen-bond acceptors (Lipinski definition) is 11. The number of carbonyl (C=O) groups excluding carboxylic acids is 1. The van der Waals surface area contributed by atoms with Crippen molar-refractivity contribution in [1.29, 1.82) is 0 Å². The van der Waals surface area contributed by atoms with E-state index in [0.717, 1.165) is 6.92 Å². The molecule has 2 fully saturated rings. The third-order valence-electron chi connectivity index (χ3n) is 4.29. The Labute approximate surface area is 153 Å². The summed E-state index contributed by atoms with van der Waals surface area (Å²) < 4.78 is 20.7. The van der Waals surface area contributed by atoms with E-state index in [1.165, 1.54) is 0 Å². The quantitative estimate of drug-likeness (QED) is 0.191. The molecule has 0 bridgehead atoms. The summed E-state index contributed by atoms with van der Waals surface area (Å²) in [4.78, 5) is 10.9. The summed E-state index contributed by atoms with van der Waals surface area (Å²) in [6, 6.07) is 0. The van der Waals surface area contributed by atoms with Crippen LogP contribution in [0.2, 0.25) is 0 Å². The number of aliphatic hydroxyl groups is 6. The van der Waals surface area contributed by atoms with E-state index >= 15 is 0 Å². The molecule has 0 radical (unpaired) electrons. The molecule has 0 saturated carbocycles. The average Bonchev–Trinajstić information content (AvgIpc) is 2.86. The van der Waals surface area contributed by atoms with Crippen LogP contribution in [-0.2, 0) is 23.7 Å². The van der Waals surface area contributed by atoms with Crippen LogP contribution < -0.4 is 0 Å². The minimum absolute atomic E-state index is 0.343. The molecular weight excluding hydrogens is 380 g/mol. The lowest BCUT2D eigenvalue weighted by Gasteiger charge is -2.43. The summed E-state index contributed by atoms with van der Waals surface area (Å²) in [6.07, 6.45) is -10.6. The van der Waals surface area contributed by atoms with Crippen LogP contribution in [0.1, 0.15) is 6.92 Å². The fourth-order valence-electron chi connectivity index (χ4n) is 2.79. The maximum absolute atomic E-state index is 10.9. The van der Waals surface area contributed by atoms with E-state index in [9.17, 15) is 30.3 Å². The van der Waals surface area contributed by atoms with Crippen LogP contribution in [0.4, 0.5) is 0 Å². The van der Waals surface area contributed by atoms with Gasteiger partial charge in [0.1, 0.15) is 49.8 Å². The molecule has 0 aliphatic carbocycles. The molecule has 2 aliphatic heterocycles. The van der Waals surface area contributed by atoms with Gasteiger partial charge in [0.25, 0.3) is 0 Å². The van der Waals surface area contributed by atoms with Gasteiger partial charge < -0.3 is 49.6 Å². The number of esters is 1. The minimum Gasteiger partial charge on any atom is -0.463 e. The van der Waals surface area contributed by atoms with Crippen molar-refractivity contribution in [3.05, 3.63) is 0 Å². The zero-order chi connectivity index (χ0) is 19.6. The van der Waals surface area contributed by atoms with Gasteiger partial charge in [-0.3, -0.25) is 4.79 Å². The van der Waals surface area contributed by atoms with Crippen LogP contribution >= 0.6 is 11.6 Å². The molecule has 26 heavy (non-hydrogen) atoms. The number of alkyl halides is 1. The first-order valence-electron chi connectivity index (χ1n) is 7.89. The van der Waals surface area contributed by atoms with Crippen LogP contribution in [0, 0.1) is 0 Å². The molecule has 2 rings (SSSR count). The van der Waals surface area contributed by atoms with Crippen molar-refractivity contribution < 1.29 is 54.4 Å². The Morgan fingerprint density at radius 1 is 1.12 bits per heavy atom. The summed E-state index contributed by atoms with van der Waals surface area (Å²) in [5.41, 5.74) is 0. The molecule has 0 aromatic carbocycles. The number of halogens is 1. The SMILES string of the molecule is CC(=O)OC[C@H]1O[C@H](O[C@]2(CO)O[C@H](CO)[C@@H](O)[C@@H]2O)[C@H](O)[C@@H](O)[C@@H]1Cl. The second kappa shape index (κ2) is 8.61. The Morgan fingerprint density at radius 2 is 1.77 bits per heavy atom. The predicted octanol–water partition coefficient (Wildman–Crippen LogP) is -3.58. The summed E-state index contributed by atoms with van der Waals surface area (Å²) >= 11 is 5.97. The molecular formula is C14H23ClO11. The molecule has 2 aliphatic rings. The van der Waals surface area contributed by atoms with Crippen molar-refractivity contribution in [1.82, 2.24) is 0 Å². The Bertz CT molecular complexity index is 494. The zero-order valence-corrected chi connectivity index (χ0v) is 14.6. The molecule has 0 aromatic heterocycles. The second-order valence-corrected chi connectivity index (χ2v) is 6.64. The molecule has 6 N–H and O–H groups in total. The Hall–Kier alpha value is -0.600.